The van der Waals surface area contributed by atoms with E-state index in [1.165, 1.54) is 30.1 Å². The number of hydrogen-bond acceptors (Lipinski definition) is 3. The fraction of sp³-hybridized carbons (Fsp3) is 1.00. The number of nitrogens with one attached hydrogen (secondary N) is 1. The van der Waals surface area contributed by atoms with Crippen molar-refractivity contribution in [3.8, 4) is 0 Å². The first-order valence-corrected chi connectivity index (χ1v) is 7.51. The molecule has 0 aromatic heterocycles. The highest BCUT2D eigenvalue weighted by atomic mass is 32.2. The predicted molar refractivity (Wildman–Crippen MR) is 65.9 cm³/mol. The molecule has 1 N–H and O–H groups in total. The summed E-state index contributed by atoms with van der Waals surface area (Å²) in [5, 5.41) is 4.48. The molecule has 0 bridgehead atoms. The number of thioether (sulfide) groups is 2. The third-order valence-electron chi connectivity index (χ3n) is 2.36. The predicted octanol–water partition coefficient (Wildman–Crippen LogP) is 2.61. The fourth-order valence-electron chi connectivity index (χ4n) is 1.73. The van der Waals surface area contributed by atoms with Gasteiger partial charge < -0.3 is 5.32 Å². The maximum atomic E-state index is 3.62. The molecular weight excluding hydrogens is 198 g/mol. The van der Waals surface area contributed by atoms with Gasteiger partial charge in [0.1, 0.15) is 0 Å². The summed E-state index contributed by atoms with van der Waals surface area (Å²) in [5.74, 6) is 4.05. The van der Waals surface area contributed by atoms with E-state index in [0.717, 1.165) is 17.8 Å². The smallest absolute Gasteiger partial charge is 0.0291 e. The van der Waals surface area contributed by atoms with Crippen LogP contribution in [0.1, 0.15) is 26.7 Å². The van der Waals surface area contributed by atoms with Gasteiger partial charge in [-0.15, -0.1) is 0 Å². The molecule has 1 heterocycles. The molecule has 3 heteroatoms. The van der Waals surface area contributed by atoms with Gasteiger partial charge in [0.15, 0.2) is 0 Å². The third-order valence-corrected chi connectivity index (χ3v) is 5.28. The van der Waals surface area contributed by atoms with E-state index in [1.807, 2.05) is 0 Å². The zero-order chi connectivity index (χ0) is 9.52. The second-order valence-corrected chi connectivity index (χ2v) is 5.93. The Morgan fingerprint density at radius 2 is 2.23 bits per heavy atom. The molecule has 2 unspecified atom stereocenters. The summed E-state index contributed by atoms with van der Waals surface area (Å²) < 4.78 is 0. The molecule has 1 aliphatic heterocycles. The van der Waals surface area contributed by atoms with Crippen LogP contribution in [0, 0.1) is 0 Å². The van der Waals surface area contributed by atoms with Crippen molar-refractivity contribution in [1.82, 2.24) is 5.32 Å². The largest absolute Gasteiger partial charge is 0.313 e. The summed E-state index contributed by atoms with van der Waals surface area (Å²) in [6, 6.07) is 0.757. The first-order chi connectivity index (χ1) is 6.38. The van der Waals surface area contributed by atoms with Gasteiger partial charge in [-0.2, -0.15) is 23.5 Å². The van der Waals surface area contributed by atoms with Crippen molar-refractivity contribution >= 4 is 23.5 Å². The normalized spacial score (nSPS) is 25.8. The van der Waals surface area contributed by atoms with Crippen molar-refractivity contribution in [3.05, 3.63) is 0 Å². The van der Waals surface area contributed by atoms with Gasteiger partial charge in [0.05, 0.1) is 0 Å². The zero-order valence-electron chi connectivity index (χ0n) is 8.71. The van der Waals surface area contributed by atoms with Crippen LogP contribution in [0.15, 0.2) is 0 Å². The Kier molecular flexibility index (Phi) is 6.33. The molecule has 1 saturated heterocycles. The topological polar surface area (TPSA) is 12.0 Å². The highest BCUT2D eigenvalue weighted by molar-refractivity contribution is 8.06. The van der Waals surface area contributed by atoms with Gasteiger partial charge in [-0.25, -0.2) is 0 Å². The Labute approximate surface area is 90.8 Å². The molecule has 0 saturated carbocycles. The number of rotatable bonds is 5. The van der Waals surface area contributed by atoms with E-state index in [0.29, 0.717) is 0 Å². The average Bonchev–Trinajstić information content (AvgIpc) is 2.19. The van der Waals surface area contributed by atoms with Crippen LogP contribution in [0.3, 0.4) is 0 Å². The van der Waals surface area contributed by atoms with Gasteiger partial charge in [0, 0.05) is 28.6 Å². The Morgan fingerprint density at radius 1 is 1.38 bits per heavy atom. The minimum Gasteiger partial charge on any atom is -0.313 e. The van der Waals surface area contributed by atoms with Gasteiger partial charge in [-0.05, 0) is 13.0 Å². The lowest BCUT2D eigenvalue weighted by Gasteiger charge is -2.29. The molecule has 78 valence electrons. The number of hydrogen-bond donors (Lipinski definition) is 1. The SMILES string of the molecule is CCCC(NCC)C1CSCCS1. The Bertz CT molecular complexity index is 118. The summed E-state index contributed by atoms with van der Waals surface area (Å²) in [5.41, 5.74) is 0. The molecule has 1 rings (SSSR count). The maximum absolute atomic E-state index is 3.62. The second-order valence-electron chi connectivity index (χ2n) is 3.44. The molecule has 2 atom stereocenters. The van der Waals surface area contributed by atoms with E-state index < -0.39 is 0 Å². The van der Waals surface area contributed by atoms with Crippen molar-refractivity contribution in [2.75, 3.05) is 23.8 Å². The van der Waals surface area contributed by atoms with Crippen LogP contribution >= 0.6 is 23.5 Å². The molecule has 0 aromatic carbocycles. The van der Waals surface area contributed by atoms with E-state index in [4.69, 9.17) is 0 Å². The molecule has 0 aliphatic carbocycles. The minimum atomic E-state index is 0.757. The summed E-state index contributed by atoms with van der Waals surface area (Å²) >= 11 is 4.29. The fourth-order valence-corrected chi connectivity index (χ4v) is 4.66. The lowest BCUT2D eigenvalue weighted by atomic mass is 10.1. The molecule has 0 aromatic rings. The van der Waals surface area contributed by atoms with Gasteiger partial charge >= 0.3 is 0 Å². The van der Waals surface area contributed by atoms with Crippen LogP contribution in [0.2, 0.25) is 0 Å². The van der Waals surface area contributed by atoms with Crippen molar-refractivity contribution in [1.29, 1.82) is 0 Å². The Balaban J connectivity index is 2.32. The molecule has 13 heavy (non-hydrogen) atoms. The maximum Gasteiger partial charge on any atom is 0.0291 e. The molecular formula is C10H21NS2. The lowest BCUT2D eigenvalue weighted by molar-refractivity contribution is 0.487. The standard InChI is InChI=1S/C10H21NS2/c1-3-5-9(11-4-2)10-8-12-6-7-13-10/h9-11H,3-8H2,1-2H3. The van der Waals surface area contributed by atoms with Gasteiger partial charge in [0.2, 0.25) is 0 Å². The second kappa shape index (κ2) is 7.02. The van der Waals surface area contributed by atoms with Crippen LogP contribution in [0.25, 0.3) is 0 Å². The zero-order valence-corrected chi connectivity index (χ0v) is 10.3. The van der Waals surface area contributed by atoms with Crippen molar-refractivity contribution in [3.63, 3.8) is 0 Å². The van der Waals surface area contributed by atoms with E-state index in [9.17, 15) is 0 Å². The van der Waals surface area contributed by atoms with Crippen LogP contribution < -0.4 is 5.32 Å². The third kappa shape index (κ3) is 4.13. The van der Waals surface area contributed by atoms with E-state index in [2.05, 4.69) is 42.7 Å². The van der Waals surface area contributed by atoms with Crippen LogP contribution in [-0.2, 0) is 0 Å². The van der Waals surface area contributed by atoms with Gasteiger partial charge in [-0.1, -0.05) is 20.3 Å². The van der Waals surface area contributed by atoms with Crippen LogP contribution in [-0.4, -0.2) is 35.1 Å². The summed E-state index contributed by atoms with van der Waals surface area (Å²) in [6.07, 6.45) is 2.64. The van der Waals surface area contributed by atoms with E-state index >= 15 is 0 Å². The van der Waals surface area contributed by atoms with E-state index in [-0.39, 0.29) is 0 Å². The Hall–Kier alpha value is 0.660. The molecule has 0 spiro atoms. The average molecular weight is 219 g/mol. The molecule has 1 aliphatic rings. The molecule has 1 nitrogen and oxygen atoms in total. The molecule has 0 amide bonds. The van der Waals surface area contributed by atoms with Crippen molar-refractivity contribution in [2.45, 2.75) is 38.0 Å². The van der Waals surface area contributed by atoms with Crippen LogP contribution in [0.5, 0.6) is 0 Å². The summed E-state index contributed by atoms with van der Waals surface area (Å²) in [4.78, 5) is 0. The van der Waals surface area contributed by atoms with Crippen molar-refractivity contribution in [2.24, 2.45) is 0 Å². The minimum absolute atomic E-state index is 0.757. The molecule has 0 radical (unpaired) electrons. The monoisotopic (exact) mass is 219 g/mol. The van der Waals surface area contributed by atoms with Gasteiger partial charge in [-0.3, -0.25) is 0 Å². The lowest BCUT2D eigenvalue weighted by Crippen LogP contribution is -2.40. The molecule has 1 fully saturated rings. The van der Waals surface area contributed by atoms with Crippen molar-refractivity contribution < 1.29 is 0 Å². The summed E-state index contributed by atoms with van der Waals surface area (Å²) in [6.45, 7) is 5.61. The van der Waals surface area contributed by atoms with E-state index in [1.54, 1.807) is 0 Å². The summed E-state index contributed by atoms with van der Waals surface area (Å²) in [7, 11) is 0. The Morgan fingerprint density at radius 3 is 2.77 bits per heavy atom. The highest BCUT2D eigenvalue weighted by Crippen LogP contribution is 2.27. The first-order valence-electron chi connectivity index (χ1n) is 5.31. The highest BCUT2D eigenvalue weighted by Gasteiger charge is 2.22. The van der Waals surface area contributed by atoms with Crippen LogP contribution in [0.4, 0.5) is 0 Å². The van der Waals surface area contributed by atoms with Gasteiger partial charge in [0.25, 0.3) is 0 Å². The quantitative estimate of drug-likeness (QED) is 0.763. The first kappa shape index (κ1) is 11.7.